The first-order valence-corrected chi connectivity index (χ1v) is 19.4. The summed E-state index contributed by atoms with van der Waals surface area (Å²) in [5, 5.41) is 0.207. The number of carbonyl (C=O) groups is 1. The molecule has 1 aliphatic heterocycles. The van der Waals surface area contributed by atoms with Gasteiger partial charge in [-0.3, -0.25) is 4.79 Å². The maximum atomic E-state index is 14.4. The molecule has 0 unspecified atom stereocenters. The highest BCUT2D eigenvalue weighted by atomic mass is 28.4. The van der Waals surface area contributed by atoms with Crippen molar-refractivity contribution in [1.82, 2.24) is 0 Å². The van der Waals surface area contributed by atoms with E-state index < -0.39 is 22.2 Å². The third-order valence-electron chi connectivity index (χ3n) is 10.9. The number of carbonyl (C=O) groups excluding carboxylic acids is 1. The lowest BCUT2D eigenvalue weighted by Gasteiger charge is -2.59. The van der Waals surface area contributed by atoms with Gasteiger partial charge in [0.1, 0.15) is 5.60 Å². The molecule has 0 N–H and O–H groups in total. The molecule has 0 radical (unpaired) electrons. The van der Waals surface area contributed by atoms with E-state index >= 15 is 0 Å². The van der Waals surface area contributed by atoms with Gasteiger partial charge < -0.3 is 13.6 Å². The molecule has 198 valence electrons. The summed E-state index contributed by atoms with van der Waals surface area (Å²) in [6.07, 6.45) is 3.82. The predicted molar refractivity (Wildman–Crippen MR) is 146 cm³/mol. The molecule has 0 aromatic carbocycles. The van der Waals surface area contributed by atoms with Crippen LogP contribution in [-0.2, 0) is 18.4 Å². The standard InChI is InChI=1S/C28H54O4Si2/c1-24(2,3)33(10,11)31-18-20-16-23(29)28(32-34(12,13)25(4,5)6)19-30-26(7,8)21-14-15-27(20,9)17-22(21)28/h20-22H,14-19H2,1-13H3/t20-,21-,22+,27+,28+/m1/s1. The van der Waals surface area contributed by atoms with E-state index in [1.165, 1.54) is 0 Å². The molecular formula is C28H54O4Si2. The van der Waals surface area contributed by atoms with Crippen LogP contribution in [0.25, 0.3) is 0 Å². The quantitative estimate of drug-likeness (QED) is 0.357. The molecule has 34 heavy (non-hydrogen) atoms. The third kappa shape index (κ3) is 4.80. The van der Waals surface area contributed by atoms with Crippen LogP contribution in [0.4, 0.5) is 0 Å². The highest BCUT2D eigenvalue weighted by molar-refractivity contribution is 6.74. The SMILES string of the molecule is CC1(C)OC[C@@]2(O[Si](C)(C)C(C)(C)C)C(=O)C[C@H](CO[Si](C)(C)C(C)(C)C)[C@@]3(C)CC[C@@H]1[C@@H]2C3. The molecular weight excluding hydrogens is 456 g/mol. The van der Waals surface area contributed by atoms with Crippen LogP contribution >= 0.6 is 0 Å². The van der Waals surface area contributed by atoms with Gasteiger partial charge in [-0.1, -0.05) is 48.5 Å². The summed E-state index contributed by atoms with van der Waals surface area (Å²) in [5.41, 5.74) is -0.925. The molecule has 0 aromatic heterocycles. The van der Waals surface area contributed by atoms with E-state index in [0.717, 1.165) is 19.3 Å². The van der Waals surface area contributed by atoms with Crippen molar-refractivity contribution in [1.29, 1.82) is 0 Å². The Kier molecular flexibility index (Phi) is 7.14. The summed E-state index contributed by atoms with van der Waals surface area (Å²) in [7, 11) is -4.09. The van der Waals surface area contributed by atoms with Crippen molar-refractivity contribution in [3.8, 4) is 0 Å². The molecule has 5 atom stereocenters. The average molecular weight is 511 g/mol. The third-order valence-corrected chi connectivity index (χ3v) is 19.9. The molecule has 0 aromatic rings. The van der Waals surface area contributed by atoms with E-state index in [4.69, 9.17) is 13.6 Å². The second-order valence-electron chi connectivity index (χ2n) is 15.6. The number of rotatable bonds is 5. The van der Waals surface area contributed by atoms with Gasteiger partial charge in [0.05, 0.1) is 12.2 Å². The summed E-state index contributed by atoms with van der Waals surface area (Å²) in [6, 6.07) is 0. The summed E-state index contributed by atoms with van der Waals surface area (Å²) in [6.45, 7) is 30.9. The zero-order valence-corrected chi connectivity index (χ0v) is 26.6. The largest absolute Gasteiger partial charge is 0.417 e. The first kappa shape index (κ1) is 28.6. The number of hydrogen-bond acceptors (Lipinski definition) is 4. The van der Waals surface area contributed by atoms with Crippen LogP contribution < -0.4 is 0 Å². The molecule has 2 aliphatic carbocycles. The van der Waals surface area contributed by atoms with Crippen molar-refractivity contribution in [2.24, 2.45) is 23.2 Å². The van der Waals surface area contributed by atoms with Gasteiger partial charge in [0.15, 0.2) is 22.4 Å². The monoisotopic (exact) mass is 510 g/mol. The van der Waals surface area contributed by atoms with Crippen molar-refractivity contribution in [2.75, 3.05) is 13.2 Å². The van der Waals surface area contributed by atoms with Crippen LogP contribution in [-0.4, -0.2) is 46.8 Å². The highest BCUT2D eigenvalue weighted by Crippen LogP contribution is 2.61. The second-order valence-corrected chi connectivity index (χ2v) is 25.2. The maximum absolute atomic E-state index is 14.4. The van der Waals surface area contributed by atoms with E-state index in [-0.39, 0.29) is 38.7 Å². The summed E-state index contributed by atoms with van der Waals surface area (Å²) in [4.78, 5) is 14.4. The molecule has 0 spiro atoms. The average Bonchev–Trinajstić information content (AvgIpc) is 2.71. The van der Waals surface area contributed by atoms with E-state index in [0.29, 0.717) is 25.6 Å². The van der Waals surface area contributed by atoms with Gasteiger partial charge in [0.2, 0.25) is 0 Å². The fourth-order valence-electron chi connectivity index (χ4n) is 6.12. The number of fused-ring (bicyclic) bond motifs is 1. The topological polar surface area (TPSA) is 44.8 Å². The molecule has 2 saturated carbocycles. The molecule has 0 amide bonds. The Morgan fingerprint density at radius 2 is 1.50 bits per heavy atom. The summed E-state index contributed by atoms with van der Waals surface area (Å²) in [5.74, 6) is 1.08. The Bertz CT molecular complexity index is 791. The van der Waals surface area contributed by atoms with Crippen LogP contribution in [0.5, 0.6) is 0 Å². The number of ketones is 1. The van der Waals surface area contributed by atoms with Crippen molar-refractivity contribution < 1.29 is 18.4 Å². The maximum Gasteiger partial charge on any atom is 0.193 e. The molecule has 1 heterocycles. The van der Waals surface area contributed by atoms with Gasteiger partial charge in [-0.2, -0.15) is 0 Å². The Balaban J connectivity index is 2.02. The fourth-order valence-corrected chi connectivity index (χ4v) is 8.71. The number of hydrogen-bond donors (Lipinski definition) is 0. The first-order valence-electron chi connectivity index (χ1n) is 13.6. The minimum absolute atomic E-state index is 0.0413. The van der Waals surface area contributed by atoms with Crippen molar-refractivity contribution in [2.45, 2.75) is 135 Å². The van der Waals surface area contributed by atoms with E-state index in [1.54, 1.807) is 0 Å². The lowest BCUT2D eigenvalue weighted by atomic mass is 9.56. The van der Waals surface area contributed by atoms with Gasteiger partial charge >= 0.3 is 0 Å². The van der Waals surface area contributed by atoms with Crippen LogP contribution in [0.2, 0.25) is 36.3 Å². The van der Waals surface area contributed by atoms with Crippen LogP contribution in [0.1, 0.15) is 88.0 Å². The molecule has 2 bridgehead atoms. The Morgan fingerprint density at radius 3 is 2.03 bits per heavy atom. The Morgan fingerprint density at radius 1 is 0.941 bits per heavy atom. The Hall–Kier alpha value is -0.0162. The molecule has 6 heteroatoms. The smallest absolute Gasteiger partial charge is 0.193 e. The molecule has 3 fully saturated rings. The minimum Gasteiger partial charge on any atom is -0.417 e. The summed E-state index contributed by atoms with van der Waals surface area (Å²) < 4.78 is 20.5. The first-order chi connectivity index (χ1) is 15.1. The van der Waals surface area contributed by atoms with Gasteiger partial charge in [0, 0.05) is 18.9 Å². The lowest BCUT2D eigenvalue weighted by molar-refractivity contribution is -0.224. The lowest BCUT2D eigenvalue weighted by Crippen LogP contribution is -2.67. The predicted octanol–water partition coefficient (Wildman–Crippen LogP) is 7.59. The molecule has 1 saturated heterocycles. The zero-order valence-electron chi connectivity index (χ0n) is 24.6. The van der Waals surface area contributed by atoms with E-state index in [2.05, 4.69) is 88.5 Å². The normalized spacial score (nSPS) is 36.9. The van der Waals surface area contributed by atoms with Crippen LogP contribution in [0.15, 0.2) is 0 Å². The molecule has 4 nitrogen and oxygen atoms in total. The minimum atomic E-state index is -2.19. The molecule has 3 aliphatic rings. The van der Waals surface area contributed by atoms with Gasteiger partial charge in [0.25, 0.3) is 0 Å². The van der Waals surface area contributed by atoms with Crippen LogP contribution in [0, 0.1) is 23.2 Å². The number of ether oxygens (including phenoxy) is 1. The van der Waals surface area contributed by atoms with Crippen molar-refractivity contribution in [3.63, 3.8) is 0 Å². The summed E-state index contributed by atoms with van der Waals surface area (Å²) >= 11 is 0. The Labute approximate surface area is 212 Å². The number of Topliss-reactive ketones (excluding diaryl/α,β-unsaturated/α-hetero) is 1. The van der Waals surface area contributed by atoms with E-state index in [1.807, 2.05) is 0 Å². The van der Waals surface area contributed by atoms with Gasteiger partial charge in [-0.05, 0) is 86.6 Å². The fraction of sp³-hybridized carbons (Fsp3) is 0.964. The zero-order chi connectivity index (χ0) is 26.2. The van der Waals surface area contributed by atoms with Crippen LogP contribution in [0.3, 0.4) is 0 Å². The van der Waals surface area contributed by atoms with Crippen molar-refractivity contribution >= 4 is 22.4 Å². The van der Waals surface area contributed by atoms with E-state index in [9.17, 15) is 4.79 Å². The molecule has 3 rings (SSSR count). The highest BCUT2D eigenvalue weighted by Gasteiger charge is 2.65. The van der Waals surface area contributed by atoms with Gasteiger partial charge in [-0.25, -0.2) is 0 Å². The van der Waals surface area contributed by atoms with Crippen molar-refractivity contribution in [3.05, 3.63) is 0 Å². The second kappa shape index (κ2) is 8.51. The van der Waals surface area contributed by atoms with Gasteiger partial charge in [-0.15, -0.1) is 0 Å².